The van der Waals surface area contributed by atoms with Gasteiger partial charge in [0.25, 0.3) is 0 Å². The average Bonchev–Trinajstić information content (AvgIpc) is 2.88. The molecule has 2 amide bonds. The van der Waals surface area contributed by atoms with Crippen molar-refractivity contribution in [1.82, 2.24) is 14.8 Å². The van der Waals surface area contributed by atoms with E-state index in [0.717, 1.165) is 31.4 Å². The van der Waals surface area contributed by atoms with Crippen LogP contribution < -0.4 is 0 Å². The molecule has 0 radical (unpaired) electrons. The van der Waals surface area contributed by atoms with Crippen molar-refractivity contribution in [2.24, 2.45) is 5.92 Å². The van der Waals surface area contributed by atoms with Crippen molar-refractivity contribution >= 4 is 11.8 Å². The van der Waals surface area contributed by atoms with Crippen molar-refractivity contribution in [2.75, 3.05) is 19.6 Å². The minimum atomic E-state index is -0.0625. The Kier molecular flexibility index (Phi) is 5.20. The number of benzene rings is 1. The standard InChI is InChI=1S/C22H27N3O3/c1-3-11-25-18-10-9-17(22(25)27)13-24(14-18)20(26)12-19-15(2)28-21(23-19)16-7-5-4-6-8-16/h4-8,17-18H,3,9-14H2,1-2H3/t17-,18+/m0/s1. The number of hydrogen-bond acceptors (Lipinski definition) is 4. The molecule has 3 saturated heterocycles. The van der Waals surface area contributed by atoms with Gasteiger partial charge in [0.15, 0.2) is 0 Å². The van der Waals surface area contributed by atoms with Gasteiger partial charge in [0, 0.05) is 31.2 Å². The molecule has 0 spiro atoms. The molecule has 3 fully saturated rings. The van der Waals surface area contributed by atoms with Crippen LogP contribution in [0.15, 0.2) is 34.7 Å². The van der Waals surface area contributed by atoms with E-state index in [2.05, 4.69) is 11.9 Å². The van der Waals surface area contributed by atoms with Crippen LogP contribution in [-0.4, -0.2) is 52.3 Å². The van der Waals surface area contributed by atoms with Crippen LogP contribution in [0.1, 0.15) is 37.6 Å². The number of carbonyl (C=O) groups excluding carboxylic acids is 2. The van der Waals surface area contributed by atoms with Gasteiger partial charge >= 0.3 is 0 Å². The third-order valence-corrected chi connectivity index (χ3v) is 5.84. The lowest BCUT2D eigenvalue weighted by atomic mass is 9.94. The molecule has 0 saturated carbocycles. The quantitative estimate of drug-likeness (QED) is 0.798. The summed E-state index contributed by atoms with van der Waals surface area (Å²) in [4.78, 5) is 34.1. The van der Waals surface area contributed by atoms with Crippen molar-refractivity contribution in [1.29, 1.82) is 0 Å². The van der Waals surface area contributed by atoms with Gasteiger partial charge in [0.2, 0.25) is 17.7 Å². The zero-order chi connectivity index (χ0) is 19.7. The van der Waals surface area contributed by atoms with Crippen molar-refractivity contribution in [3.8, 4) is 11.5 Å². The first kappa shape index (κ1) is 18.7. The molecule has 6 heteroatoms. The zero-order valence-corrected chi connectivity index (χ0v) is 16.6. The molecule has 1 aromatic heterocycles. The van der Waals surface area contributed by atoms with E-state index in [1.54, 1.807) is 0 Å². The Morgan fingerprint density at radius 3 is 2.75 bits per heavy atom. The summed E-state index contributed by atoms with van der Waals surface area (Å²) in [5, 5.41) is 0. The fourth-order valence-corrected chi connectivity index (χ4v) is 4.33. The van der Waals surface area contributed by atoms with E-state index in [9.17, 15) is 9.59 Å². The van der Waals surface area contributed by atoms with E-state index in [4.69, 9.17) is 4.42 Å². The maximum Gasteiger partial charge on any atom is 0.228 e. The highest BCUT2D eigenvalue weighted by molar-refractivity contribution is 5.84. The molecule has 0 unspecified atom stereocenters. The molecule has 5 rings (SSSR count). The minimum Gasteiger partial charge on any atom is -0.441 e. The average molecular weight is 381 g/mol. The number of nitrogens with zero attached hydrogens (tertiary/aromatic N) is 3. The first-order valence-corrected chi connectivity index (χ1v) is 10.2. The number of hydrogen-bond donors (Lipinski definition) is 0. The highest BCUT2D eigenvalue weighted by Gasteiger charge is 2.41. The van der Waals surface area contributed by atoms with Gasteiger partial charge in [-0.15, -0.1) is 0 Å². The number of rotatable bonds is 5. The van der Waals surface area contributed by atoms with Gasteiger partial charge in [-0.1, -0.05) is 25.1 Å². The summed E-state index contributed by atoms with van der Waals surface area (Å²) < 4.78 is 5.79. The van der Waals surface area contributed by atoms with Crippen molar-refractivity contribution in [3.63, 3.8) is 0 Å². The monoisotopic (exact) mass is 381 g/mol. The maximum atomic E-state index is 13.0. The number of aromatic nitrogens is 1. The summed E-state index contributed by atoms with van der Waals surface area (Å²) in [7, 11) is 0. The van der Waals surface area contributed by atoms with E-state index in [1.807, 2.05) is 47.1 Å². The Balaban J connectivity index is 1.49. The Hall–Kier alpha value is -2.63. The molecule has 148 valence electrons. The number of aryl methyl sites for hydroxylation is 1. The van der Waals surface area contributed by atoms with Crippen LogP contribution in [-0.2, 0) is 16.0 Å². The molecule has 2 atom stereocenters. The minimum absolute atomic E-state index is 0.0269. The molecule has 2 aromatic rings. The van der Waals surface area contributed by atoms with Crippen LogP contribution in [0.2, 0.25) is 0 Å². The smallest absolute Gasteiger partial charge is 0.228 e. The van der Waals surface area contributed by atoms with E-state index >= 15 is 0 Å². The van der Waals surface area contributed by atoms with Gasteiger partial charge in [-0.2, -0.15) is 0 Å². The molecule has 3 aliphatic rings. The van der Waals surface area contributed by atoms with Crippen LogP contribution in [0.25, 0.3) is 11.5 Å². The molecular weight excluding hydrogens is 354 g/mol. The largest absolute Gasteiger partial charge is 0.441 e. The van der Waals surface area contributed by atoms with Crippen LogP contribution >= 0.6 is 0 Å². The zero-order valence-electron chi connectivity index (χ0n) is 16.6. The lowest BCUT2D eigenvalue weighted by molar-refractivity contribution is -0.139. The molecule has 28 heavy (non-hydrogen) atoms. The molecule has 2 bridgehead atoms. The second-order valence-corrected chi connectivity index (χ2v) is 7.82. The van der Waals surface area contributed by atoms with E-state index < -0.39 is 0 Å². The normalized spacial score (nSPS) is 21.9. The Bertz CT molecular complexity index is 861. The first-order chi connectivity index (χ1) is 13.6. The maximum absolute atomic E-state index is 13.0. The molecule has 0 aliphatic carbocycles. The number of fused-ring (bicyclic) bond motifs is 4. The highest BCUT2D eigenvalue weighted by Crippen LogP contribution is 2.30. The van der Waals surface area contributed by atoms with Crippen LogP contribution in [0.5, 0.6) is 0 Å². The lowest BCUT2D eigenvalue weighted by Gasteiger charge is -2.35. The van der Waals surface area contributed by atoms with Gasteiger partial charge in [-0.05, 0) is 38.3 Å². The van der Waals surface area contributed by atoms with Gasteiger partial charge in [-0.25, -0.2) is 4.98 Å². The Morgan fingerprint density at radius 2 is 2.00 bits per heavy atom. The molecule has 0 N–H and O–H groups in total. The van der Waals surface area contributed by atoms with Crippen LogP contribution in [0.4, 0.5) is 0 Å². The van der Waals surface area contributed by atoms with Gasteiger partial charge in [-0.3, -0.25) is 9.59 Å². The fourth-order valence-electron chi connectivity index (χ4n) is 4.33. The molecule has 4 heterocycles. The third-order valence-electron chi connectivity index (χ3n) is 5.84. The van der Waals surface area contributed by atoms with Crippen molar-refractivity contribution < 1.29 is 14.0 Å². The molecule has 1 aromatic carbocycles. The summed E-state index contributed by atoms with van der Waals surface area (Å²) >= 11 is 0. The van der Waals surface area contributed by atoms with Gasteiger partial charge < -0.3 is 14.2 Å². The van der Waals surface area contributed by atoms with Crippen LogP contribution in [0.3, 0.4) is 0 Å². The fraction of sp³-hybridized carbons (Fsp3) is 0.500. The SMILES string of the molecule is CCCN1C(=O)[C@H]2CC[C@@H]1CN(C(=O)Cc1nc(-c3ccccc3)oc1C)C2. The summed E-state index contributed by atoms with van der Waals surface area (Å²) in [6.07, 6.45) is 3.03. The lowest BCUT2D eigenvalue weighted by Crippen LogP contribution is -2.48. The number of piperidine rings is 1. The van der Waals surface area contributed by atoms with Gasteiger partial charge in [0.1, 0.15) is 5.76 Å². The Labute approximate surface area is 165 Å². The second kappa shape index (κ2) is 7.78. The topological polar surface area (TPSA) is 66.7 Å². The van der Waals surface area contributed by atoms with Crippen LogP contribution in [0, 0.1) is 12.8 Å². The van der Waals surface area contributed by atoms with E-state index in [1.165, 1.54) is 0 Å². The number of carbonyl (C=O) groups is 2. The third kappa shape index (κ3) is 3.55. The molecular formula is C22H27N3O3. The van der Waals surface area contributed by atoms with E-state index in [-0.39, 0.29) is 30.2 Å². The Morgan fingerprint density at radius 1 is 1.21 bits per heavy atom. The van der Waals surface area contributed by atoms with Crippen molar-refractivity contribution in [3.05, 3.63) is 41.8 Å². The summed E-state index contributed by atoms with van der Waals surface area (Å²) in [5.41, 5.74) is 1.58. The number of oxazole rings is 1. The van der Waals surface area contributed by atoms with Crippen molar-refractivity contribution in [2.45, 2.75) is 45.6 Å². The molecule has 6 nitrogen and oxygen atoms in total. The second-order valence-electron chi connectivity index (χ2n) is 7.82. The van der Waals surface area contributed by atoms with E-state index in [0.29, 0.717) is 30.4 Å². The number of amides is 2. The summed E-state index contributed by atoms with van der Waals surface area (Å²) in [5.74, 6) is 1.40. The predicted octanol–water partition coefficient (Wildman–Crippen LogP) is 3.05. The first-order valence-electron chi connectivity index (χ1n) is 10.2. The molecule has 3 aliphatic heterocycles. The van der Waals surface area contributed by atoms with Gasteiger partial charge in [0.05, 0.1) is 18.0 Å². The highest BCUT2D eigenvalue weighted by atomic mass is 16.4. The summed E-state index contributed by atoms with van der Waals surface area (Å²) in [6.45, 7) is 5.87. The summed E-state index contributed by atoms with van der Waals surface area (Å²) in [6, 6.07) is 9.85. The predicted molar refractivity (Wildman–Crippen MR) is 105 cm³/mol.